The Morgan fingerprint density at radius 3 is 2.50 bits per heavy atom. The van der Waals surface area contributed by atoms with Gasteiger partial charge in [0.25, 0.3) is 0 Å². The van der Waals surface area contributed by atoms with Gasteiger partial charge in [-0.1, -0.05) is 11.6 Å². The van der Waals surface area contributed by atoms with Gasteiger partial charge in [-0.15, -0.1) is 8.78 Å². The Morgan fingerprint density at radius 1 is 1.21 bits per heavy atom. The second-order valence-electron chi connectivity index (χ2n) is 4.69. The van der Waals surface area contributed by atoms with Crippen molar-refractivity contribution in [2.24, 2.45) is 0 Å². The van der Waals surface area contributed by atoms with Gasteiger partial charge in [0.05, 0.1) is 24.9 Å². The molecular weight excluding hydrogens is 348 g/mol. The molecule has 6 nitrogen and oxygen atoms in total. The third-order valence-electron chi connectivity index (χ3n) is 3.22. The van der Waals surface area contributed by atoms with Crippen LogP contribution in [0.4, 0.5) is 8.78 Å². The van der Waals surface area contributed by atoms with E-state index in [-0.39, 0.29) is 33.7 Å². The number of pyridine rings is 1. The van der Waals surface area contributed by atoms with Crippen molar-refractivity contribution in [1.82, 2.24) is 4.98 Å². The molecular formula is C15H10ClF2NO5. The fourth-order valence-corrected chi connectivity index (χ4v) is 2.36. The lowest BCUT2D eigenvalue weighted by atomic mass is 10.1. The molecule has 0 bridgehead atoms. The molecule has 24 heavy (non-hydrogen) atoms. The van der Waals surface area contributed by atoms with Crippen LogP contribution in [0, 0.1) is 0 Å². The van der Waals surface area contributed by atoms with E-state index in [1.165, 1.54) is 38.5 Å². The second kappa shape index (κ2) is 5.79. The van der Waals surface area contributed by atoms with E-state index >= 15 is 0 Å². The van der Waals surface area contributed by atoms with E-state index in [1.807, 2.05) is 0 Å². The number of nitrogens with zero attached hydrogens (tertiary/aromatic N) is 1. The molecule has 0 N–H and O–H groups in total. The summed E-state index contributed by atoms with van der Waals surface area (Å²) in [6, 6.07) is 5.48. The smallest absolute Gasteiger partial charge is 0.496 e. The number of carbonyl (C=O) groups excluding carboxylic acids is 1. The van der Waals surface area contributed by atoms with E-state index in [2.05, 4.69) is 19.2 Å². The molecule has 126 valence electrons. The molecule has 1 aliphatic heterocycles. The quantitative estimate of drug-likeness (QED) is 0.783. The topological polar surface area (TPSA) is 66.9 Å². The first kappa shape index (κ1) is 16.3. The van der Waals surface area contributed by atoms with E-state index < -0.39 is 12.3 Å². The van der Waals surface area contributed by atoms with Crippen LogP contribution in [0.3, 0.4) is 0 Å². The standard InChI is InChI=1S/C15H10ClF2NO5/c1-21-10-6-12-11(23-15(17,18)24-12)5-7(10)9-4-3-8(16)13(19-9)14(20)22-2/h3-6H,1-2H3. The van der Waals surface area contributed by atoms with Crippen LogP contribution >= 0.6 is 11.6 Å². The van der Waals surface area contributed by atoms with Gasteiger partial charge in [-0.3, -0.25) is 0 Å². The molecule has 0 saturated carbocycles. The lowest BCUT2D eigenvalue weighted by Crippen LogP contribution is -2.25. The van der Waals surface area contributed by atoms with Gasteiger partial charge < -0.3 is 18.9 Å². The summed E-state index contributed by atoms with van der Waals surface area (Å²) in [6.45, 7) is 0. The summed E-state index contributed by atoms with van der Waals surface area (Å²) in [5.74, 6) is -0.858. The van der Waals surface area contributed by atoms with Crippen LogP contribution in [-0.4, -0.2) is 31.5 Å². The van der Waals surface area contributed by atoms with Crippen molar-refractivity contribution >= 4 is 17.6 Å². The van der Waals surface area contributed by atoms with Gasteiger partial charge in [-0.25, -0.2) is 9.78 Å². The van der Waals surface area contributed by atoms with Crippen LogP contribution in [0.15, 0.2) is 24.3 Å². The van der Waals surface area contributed by atoms with Gasteiger partial charge in [0, 0.05) is 11.6 Å². The maximum absolute atomic E-state index is 13.2. The number of hydrogen-bond acceptors (Lipinski definition) is 6. The Labute approximate surface area is 139 Å². The first-order valence-corrected chi connectivity index (χ1v) is 6.95. The van der Waals surface area contributed by atoms with Crippen molar-refractivity contribution in [2.75, 3.05) is 14.2 Å². The zero-order chi connectivity index (χ0) is 17.5. The van der Waals surface area contributed by atoms with Crippen LogP contribution in [0.2, 0.25) is 5.02 Å². The average molecular weight is 358 g/mol. The SMILES string of the molecule is COC(=O)c1nc(-c2cc3c(cc2OC)OC(F)(F)O3)ccc1Cl. The lowest BCUT2D eigenvalue weighted by molar-refractivity contribution is -0.286. The minimum atomic E-state index is -3.75. The maximum atomic E-state index is 13.2. The molecule has 2 heterocycles. The third kappa shape index (κ3) is 2.80. The van der Waals surface area contributed by atoms with E-state index in [9.17, 15) is 13.6 Å². The van der Waals surface area contributed by atoms with Crippen molar-refractivity contribution in [3.63, 3.8) is 0 Å². The van der Waals surface area contributed by atoms with Gasteiger partial charge in [-0.2, -0.15) is 0 Å². The number of alkyl halides is 2. The molecule has 0 spiro atoms. The van der Waals surface area contributed by atoms with Crippen LogP contribution < -0.4 is 14.2 Å². The van der Waals surface area contributed by atoms with E-state index in [4.69, 9.17) is 16.3 Å². The van der Waals surface area contributed by atoms with Crippen molar-refractivity contribution < 1.29 is 32.5 Å². The number of rotatable bonds is 3. The Balaban J connectivity index is 2.12. The van der Waals surface area contributed by atoms with Gasteiger partial charge in [0.15, 0.2) is 17.2 Å². The largest absolute Gasteiger partial charge is 0.586 e. The fraction of sp³-hybridized carbons (Fsp3) is 0.200. The Kier molecular flexibility index (Phi) is 3.92. The number of halogens is 3. The predicted octanol–water partition coefficient (Wildman–Crippen LogP) is 3.52. The van der Waals surface area contributed by atoms with Crippen LogP contribution in [0.1, 0.15) is 10.5 Å². The summed E-state index contributed by atoms with van der Waals surface area (Å²) in [5.41, 5.74) is 0.472. The minimum Gasteiger partial charge on any atom is -0.496 e. The number of methoxy groups -OCH3 is 2. The van der Waals surface area contributed by atoms with Crippen LogP contribution in [0.25, 0.3) is 11.3 Å². The minimum absolute atomic E-state index is 0.0943. The Hall–Kier alpha value is -2.61. The highest BCUT2D eigenvalue weighted by Gasteiger charge is 2.44. The molecule has 9 heteroatoms. The molecule has 0 saturated heterocycles. The average Bonchev–Trinajstić information content (AvgIpc) is 2.86. The molecule has 0 amide bonds. The maximum Gasteiger partial charge on any atom is 0.586 e. The van der Waals surface area contributed by atoms with Gasteiger partial charge >= 0.3 is 12.3 Å². The Bertz CT molecular complexity index is 828. The number of ether oxygens (including phenoxy) is 4. The third-order valence-corrected chi connectivity index (χ3v) is 3.53. The molecule has 1 aromatic heterocycles. The Morgan fingerprint density at radius 2 is 1.88 bits per heavy atom. The summed E-state index contributed by atoms with van der Waals surface area (Å²) in [4.78, 5) is 15.8. The lowest BCUT2D eigenvalue weighted by Gasteiger charge is -2.10. The second-order valence-corrected chi connectivity index (χ2v) is 5.09. The van der Waals surface area contributed by atoms with E-state index in [0.29, 0.717) is 5.56 Å². The van der Waals surface area contributed by atoms with Crippen molar-refractivity contribution in [3.8, 4) is 28.5 Å². The summed E-state index contributed by atoms with van der Waals surface area (Å²) >= 11 is 5.92. The zero-order valence-corrected chi connectivity index (χ0v) is 13.2. The van der Waals surface area contributed by atoms with Gasteiger partial charge in [0.1, 0.15) is 5.75 Å². The molecule has 0 radical (unpaired) electrons. The predicted molar refractivity (Wildman–Crippen MR) is 78.8 cm³/mol. The normalized spacial score (nSPS) is 14.4. The summed E-state index contributed by atoms with van der Waals surface area (Å²) in [6.07, 6.45) is -3.75. The number of carbonyl (C=O) groups is 1. The van der Waals surface area contributed by atoms with E-state index in [1.54, 1.807) is 0 Å². The van der Waals surface area contributed by atoms with Crippen LogP contribution in [-0.2, 0) is 4.74 Å². The summed E-state index contributed by atoms with van der Waals surface area (Å²) in [7, 11) is 2.55. The van der Waals surface area contributed by atoms with Crippen molar-refractivity contribution in [3.05, 3.63) is 35.0 Å². The molecule has 0 fully saturated rings. The molecule has 1 aromatic carbocycles. The zero-order valence-electron chi connectivity index (χ0n) is 12.4. The number of aromatic nitrogens is 1. The van der Waals surface area contributed by atoms with Crippen LogP contribution in [0.5, 0.6) is 17.2 Å². The highest BCUT2D eigenvalue weighted by atomic mass is 35.5. The van der Waals surface area contributed by atoms with Gasteiger partial charge in [0.2, 0.25) is 0 Å². The molecule has 1 aliphatic rings. The number of fused-ring (bicyclic) bond motifs is 1. The number of hydrogen-bond donors (Lipinski definition) is 0. The highest BCUT2D eigenvalue weighted by molar-refractivity contribution is 6.33. The van der Waals surface area contributed by atoms with Crippen molar-refractivity contribution in [1.29, 1.82) is 0 Å². The summed E-state index contributed by atoms with van der Waals surface area (Å²) in [5, 5.41) is 0.0943. The first-order valence-electron chi connectivity index (χ1n) is 6.57. The number of esters is 1. The first-order chi connectivity index (χ1) is 11.3. The number of benzene rings is 1. The molecule has 0 atom stereocenters. The molecule has 0 aliphatic carbocycles. The highest BCUT2D eigenvalue weighted by Crippen LogP contribution is 2.46. The molecule has 2 aromatic rings. The van der Waals surface area contributed by atoms with Gasteiger partial charge in [-0.05, 0) is 18.2 Å². The molecule has 3 rings (SSSR count). The van der Waals surface area contributed by atoms with E-state index in [0.717, 1.165) is 0 Å². The fourth-order valence-electron chi connectivity index (χ4n) is 2.18. The summed E-state index contributed by atoms with van der Waals surface area (Å²) < 4.78 is 45.0. The monoisotopic (exact) mass is 357 g/mol. The van der Waals surface area contributed by atoms with Crippen molar-refractivity contribution in [2.45, 2.75) is 6.29 Å². The molecule has 0 unspecified atom stereocenters.